The molecule has 0 aliphatic heterocycles. The fourth-order valence-corrected chi connectivity index (χ4v) is 2.52. The van der Waals surface area contributed by atoms with E-state index in [9.17, 15) is 9.90 Å². The molecule has 0 saturated carbocycles. The lowest BCUT2D eigenvalue weighted by atomic mass is 10.1. The number of rotatable bonds is 2. The molecule has 24 heavy (non-hydrogen) atoms. The van der Waals surface area contributed by atoms with E-state index in [2.05, 4.69) is 20.2 Å². The van der Waals surface area contributed by atoms with Crippen molar-refractivity contribution in [3.63, 3.8) is 0 Å². The molecule has 0 saturated heterocycles. The van der Waals surface area contributed by atoms with Crippen molar-refractivity contribution in [3.8, 4) is 5.88 Å². The Labute approximate surface area is 135 Å². The first-order chi connectivity index (χ1) is 11.6. The van der Waals surface area contributed by atoms with Crippen molar-refractivity contribution in [2.75, 3.05) is 0 Å². The number of carbonyl (C=O) groups is 1. The van der Waals surface area contributed by atoms with Crippen LogP contribution in [0.1, 0.15) is 15.9 Å². The van der Waals surface area contributed by atoms with Gasteiger partial charge in [-0.05, 0) is 37.3 Å². The molecule has 0 unspecified atom stereocenters. The standard InChI is InChI=1S/C17H12N4O3/c1-9-2-4-12-11(6-9)15(17(23)19-12)20-21-16(22)10-3-5-14-13(7-10)18-8-24-14/h2-8,19,23H,1H3. The van der Waals surface area contributed by atoms with Gasteiger partial charge in [0.2, 0.25) is 5.88 Å². The van der Waals surface area contributed by atoms with Crippen LogP contribution in [-0.2, 0) is 0 Å². The number of azo groups is 1. The first-order valence-electron chi connectivity index (χ1n) is 7.22. The molecule has 0 radical (unpaired) electrons. The molecule has 4 rings (SSSR count). The Balaban J connectivity index is 1.70. The monoisotopic (exact) mass is 320 g/mol. The van der Waals surface area contributed by atoms with Crippen LogP contribution in [0.5, 0.6) is 5.88 Å². The molecular formula is C17H12N4O3. The number of aryl methyl sites for hydroxylation is 1. The van der Waals surface area contributed by atoms with Crippen molar-refractivity contribution in [1.82, 2.24) is 9.97 Å². The zero-order chi connectivity index (χ0) is 16.7. The number of hydrogen-bond acceptors (Lipinski definition) is 5. The number of aromatic nitrogens is 2. The summed E-state index contributed by atoms with van der Waals surface area (Å²) in [4.78, 5) is 19.0. The van der Waals surface area contributed by atoms with E-state index in [4.69, 9.17) is 4.42 Å². The van der Waals surface area contributed by atoms with Gasteiger partial charge in [0.25, 0.3) is 5.91 Å². The molecular weight excluding hydrogens is 308 g/mol. The Kier molecular flexibility index (Phi) is 3.13. The van der Waals surface area contributed by atoms with Crippen molar-refractivity contribution in [3.05, 3.63) is 53.9 Å². The largest absolute Gasteiger partial charge is 0.493 e. The van der Waals surface area contributed by atoms with Crippen LogP contribution in [0.2, 0.25) is 0 Å². The molecule has 2 aromatic heterocycles. The summed E-state index contributed by atoms with van der Waals surface area (Å²) in [5.74, 6) is -0.652. The number of aromatic amines is 1. The van der Waals surface area contributed by atoms with Crippen LogP contribution in [0.15, 0.2) is 57.4 Å². The smallest absolute Gasteiger partial charge is 0.295 e. The van der Waals surface area contributed by atoms with Crippen LogP contribution in [-0.4, -0.2) is 21.0 Å². The number of amides is 1. The average molecular weight is 320 g/mol. The van der Waals surface area contributed by atoms with Crippen molar-refractivity contribution in [1.29, 1.82) is 0 Å². The number of aromatic hydroxyl groups is 1. The van der Waals surface area contributed by atoms with Gasteiger partial charge in [-0.1, -0.05) is 11.6 Å². The van der Waals surface area contributed by atoms with Crippen molar-refractivity contribution in [2.45, 2.75) is 6.92 Å². The van der Waals surface area contributed by atoms with Crippen LogP contribution in [0.4, 0.5) is 5.69 Å². The number of nitrogens with one attached hydrogen (secondary N) is 1. The molecule has 2 N–H and O–H groups in total. The molecule has 0 atom stereocenters. The van der Waals surface area contributed by atoms with E-state index in [0.717, 1.165) is 11.1 Å². The maximum absolute atomic E-state index is 12.2. The Morgan fingerprint density at radius 2 is 2.12 bits per heavy atom. The summed E-state index contributed by atoms with van der Waals surface area (Å²) in [5, 5.41) is 18.3. The summed E-state index contributed by atoms with van der Waals surface area (Å²) < 4.78 is 5.13. The summed E-state index contributed by atoms with van der Waals surface area (Å²) in [6.07, 6.45) is 1.31. The van der Waals surface area contributed by atoms with Gasteiger partial charge in [0, 0.05) is 10.9 Å². The first-order valence-corrected chi connectivity index (χ1v) is 7.22. The summed E-state index contributed by atoms with van der Waals surface area (Å²) in [7, 11) is 0. The lowest BCUT2D eigenvalue weighted by Crippen LogP contribution is -1.93. The highest BCUT2D eigenvalue weighted by Gasteiger charge is 2.12. The number of carbonyl (C=O) groups excluding carboxylic acids is 1. The second-order valence-electron chi connectivity index (χ2n) is 5.41. The van der Waals surface area contributed by atoms with Gasteiger partial charge in [-0.25, -0.2) is 4.98 Å². The van der Waals surface area contributed by atoms with Gasteiger partial charge >= 0.3 is 0 Å². The van der Waals surface area contributed by atoms with E-state index in [-0.39, 0.29) is 11.6 Å². The molecule has 0 aliphatic rings. The Morgan fingerprint density at radius 1 is 1.25 bits per heavy atom. The number of nitrogens with zero attached hydrogens (tertiary/aromatic N) is 3. The van der Waals surface area contributed by atoms with E-state index >= 15 is 0 Å². The molecule has 0 aliphatic carbocycles. The van der Waals surface area contributed by atoms with Gasteiger partial charge in [0.05, 0.1) is 5.52 Å². The molecule has 2 aromatic carbocycles. The molecule has 4 aromatic rings. The number of benzene rings is 2. The summed E-state index contributed by atoms with van der Waals surface area (Å²) in [6, 6.07) is 10.4. The summed E-state index contributed by atoms with van der Waals surface area (Å²) in [6.45, 7) is 1.93. The van der Waals surface area contributed by atoms with Gasteiger partial charge in [0.1, 0.15) is 5.52 Å². The molecule has 0 bridgehead atoms. The normalized spacial score (nSPS) is 11.7. The zero-order valence-corrected chi connectivity index (χ0v) is 12.6. The Bertz CT molecular complexity index is 1110. The topological polar surface area (TPSA) is 104 Å². The van der Waals surface area contributed by atoms with Gasteiger partial charge in [-0.15, -0.1) is 10.2 Å². The third-order valence-electron chi connectivity index (χ3n) is 3.73. The molecule has 7 heteroatoms. The van der Waals surface area contributed by atoms with E-state index in [1.807, 2.05) is 25.1 Å². The average Bonchev–Trinajstić information content (AvgIpc) is 3.15. The van der Waals surface area contributed by atoms with Crippen LogP contribution in [0, 0.1) is 6.92 Å². The quantitative estimate of drug-likeness (QED) is 0.539. The fraction of sp³-hybridized carbons (Fsp3) is 0.0588. The number of fused-ring (bicyclic) bond motifs is 2. The molecule has 1 amide bonds. The molecule has 0 spiro atoms. The summed E-state index contributed by atoms with van der Waals surface area (Å²) in [5.41, 5.74) is 3.49. The lowest BCUT2D eigenvalue weighted by Gasteiger charge is -1.95. The van der Waals surface area contributed by atoms with Crippen LogP contribution in [0.25, 0.3) is 22.0 Å². The SMILES string of the molecule is Cc1ccc2[nH]c(O)c(N=NC(=O)c3ccc4ocnc4c3)c2c1. The van der Waals surface area contributed by atoms with Crippen molar-refractivity contribution < 1.29 is 14.3 Å². The van der Waals surface area contributed by atoms with Gasteiger partial charge in [-0.2, -0.15) is 0 Å². The van der Waals surface area contributed by atoms with E-state index in [0.29, 0.717) is 22.0 Å². The van der Waals surface area contributed by atoms with E-state index in [1.165, 1.54) is 6.39 Å². The van der Waals surface area contributed by atoms with Gasteiger partial charge in [0.15, 0.2) is 17.7 Å². The number of H-pyrrole nitrogens is 1. The number of hydrogen-bond donors (Lipinski definition) is 2. The maximum Gasteiger partial charge on any atom is 0.295 e. The Morgan fingerprint density at radius 3 is 3.00 bits per heavy atom. The molecule has 2 heterocycles. The fourth-order valence-electron chi connectivity index (χ4n) is 2.52. The molecule has 7 nitrogen and oxygen atoms in total. The summed E-state index contributed by atoms with van der Waals surface area (Å²) >= 11 is 0. The maximum atomic E-state index is 12.2. The third-order valence-corrected chi connectivity index (χ3v) is 3.73. The minimum Gasteiger partial charge on any atom is -0.493 e. The van der Waals surface area contributed by atoms with Crippen LogP contribution in [0.3, 0.4) is 0 Å². The van der Waals surface area contributed by atoms with E-state index in [1.54, 1.807) is 18.2 Å². The predicted octanol–water partition coefficient (Wildman–Crippen LogP) is 4.25. The minimum atomic E-state index is -0.527. The minimum absolute atomic E-state index is 0.126. The zero-order valence-electron chi connectivity index (χ0n) is 12.6. The highest BCUT2D eigenvalue weighted by Crippen LogP contribution is 2.36. The Hall–Kier alpha value is -3.48. The third kappa shape index (κ3) is 2.32. The van der Waals surface area contributed by atoms with Crippen LogP contribution >= 0.6 is 0 Å². The highest BCUT2D eigenvalue weighted by atomic mass is 16.3. The molecule has 0 fully saturated rings. The highest BCUT2D eigenvalue weighted by molar-refractivity contribution is 5.98. The van der Waals surface area contributed by atoms with Crippen LogP contribution < -0.4 is 0 Å². The van der Waals surface area contributed by atoms with Gasteiger partial charge in [-0.3, -0.25) is 4.79 Å². The first kappa shape index (κ1) is 14.1. The van der Waals surface area contributed by atoms with E-state index < -0.39 is 5.91 Å². The lowest BCUT2D eigenvalue weighted by molar-refractivity contribution is 0.0995. The number of oxazole rings is 1. The second kappa shape index (κ2) is 5.31. The van der Waals surface area contributed by atoms with Gasteiger partial charge < -0.3 is 14.5 Å². The van der Waals surface area contributed by atoms with Crippen molar-refractivity contribution >= 4 is 33.6 Å². The predicted molar refractivity (Wildman–Crippen MR) is 87.6 cm³/mol. The van der Waals surface area contributed by atoms with Crippen molar-refractivity contribution in [2.24, 2.45) is 10.2 Å². The molecule has 118 valence electrons. The second-order valence-corrected chi connectivity index (χ2v) is 5.41.